The van der Waals surface area contributed by atoms with Crippen molar-refractivity contribution in [2.45, 2.75) is 36.3 Å². The minimum Gasteiger partial charge on any atom is -0.485 e. The highest BCUT2D eigenvalue weighted by molar-refractivity contribution is 8.00. The van der Waals surface area contributed by atoms with Crippen LogP contribution < -0.4 is 9.47 Å². The summed E-state index contributed by atoms with van der Waals surface area (Å²) in [5.74, 6) is 1.84. The van der Waals surface area contributed by atoms with E-state index in [2.05, 4.69) is 10.2 Å². The number of hydrogen-bond donors (Lipinski definition) is 0. The van der Waals surface area contributed by atoms with Crippen LogP contribution in [0, 0.1) is 0 Å². The van der Waals surface area contributed by atoms with Crippen LogP contribution in [0.3, 0.4) is 0 Å². The van der Waals surface area contributed by atoms with Crippen LogP contribution in [0.15, 0.2) is 33.9 Å². The molecular weight excluding hydrogens is 342 g/mol. The fraction of sp³-hybridized carbons (Fsp3) is 0.471. The maximum Gasteiger partial charge on any atom is 0.277 e. The van der Waals surface area contributed by atoms with Crippen LogP contribution >= 0.6 is 11.8 Å². The lowest BCUT2D eigenvalue weighted by Crippen LogP contribution is -2.34. The van der Waals surface area contributed by atoms with Crippen LogP contribution in [0.25, 0.3) is 0 Å². The molecule has 1 amide bonds. The molecule has 2 unspecified atom stereocenters. The molecule has 4 rings (SSSR count). The number of carbonyl (C=O) groups is 1. The number of aromatic nitrogens is 2. The van der Waals surface area contributed by atoms with Gasteiger partial charge in [-0.1, -0.05) is 23.9 Å². The minimum atomic E-state index is -0.443. The van der Waals surface area contributed by atoms with E-state index in [1.165, 1.54) is 11.8 Å². The average molecular weight is 361 g/mol. The van der Waals surface area contributed by atoms with Crippen molar-refractivity contribution in [3.63, 3.8) is 0 Å². The van der Waals surface area contributed by atoms with Crippen molar-refractivity contribution in [2.75, 3.05) is 19.7 Å². The lowest BCUT2D eigenvalue weighted by molar-refractivity contribution is -0.129. The number of rotatable bonds is 4. The Morgan fingerprint density at radius 1 is 1.24 bits per heavy atom. The number of hydrogen-bond acceptors (Lipinski definition) is 7. The maximum absolute atomic E-state index is 12.4. The summed E-state index contributed by atoms with van der Waals surface area (Å²) in [5, 5.41) is 8.21. The van der Waals surface area contributed by atoms with Crippen LogP contribution in [0.1, 0.15) is 31.8 Å². The Balaban J connectivity index is 1.40. The Hall–Kier alpha value is -2.22. The van der Waals surface area contributed by atoms with E-state index in [0.717, 1.165) is 25.9 Å². The van der Waals surface area contributed by atoms with E-state index in [1.807, 2.05) is 36.1 Å². The van der Waals surface area contributed by atoms with Crippen molar-refractivity contribution in [1.82, 2.24) is 15.1 Å². The molecule has 0 bridgehead atoms. The molecule has 25 heavy (non-hydrogen) atoms. The number of likely N-dealkylation sites (tertiary alicyclic amines) is 1. The number of amides is 1. The molecule has 0 radical (unpaired) electrons. The molecule has 1 fully saturated rings. The van der Waals surface area contributed by atoms with Crippen molar-refractivity contribution in [3.05, 3.63) is 30.2 Å². The molecule has 2 aliphatic heterocycles. The van der Waals surface area contributed by atoms with Crippen LogP contribution in [0.5, 0.6) is 11.5 Å². The van der Waals surface area contributed by atoms with Gasteiger partial charge < -0.3 is 18.8 Å². The molecule has 1 aromatic carbocycles. The summed E-state index contributed by atoms with van der Waals surface area (Å²) in [6.07, 6.45) is 1.71. The number of nitrogens with zero attached hydrogens (tertiary/aromatic N) is 3. The molecule has 0 N–H and O–H groups in total. The quantitative estimate of drug-likeness (QED) is 0.775. The van der Waals surface area contributed by atoms with Crippen molar-refractivity contribution in [1.29, 1.82) is 0 Å². The third-order valence-electron chi connectivity index (χ3n) is 4.25. The van der Waals surface area contributed by atoms with Gasteiger partial charge >= 0.3 is 0 Å². The molecule has 1 aromatic heterocycles. The summed E-state index contributed by atoms with van der Waals surface area (Å²) >= 11 is 1.28. The first-order chi connectivity index (χ1) is 12.2. The van der Waals surface area contributed by atoms with Gasteiger partial charge in [-0.25, -0.2) is 0 Å². The fourth-order valence-electron chi connectivity index (χ4n) is 2.94. The summed E-state index contributed by atoms with van der Waals surface area (Å²) in [5.41, 5.74) is 0. The van der Waals surface area contributed by atoms with E-state index in [9.17, 15) is 4.79 Å². The highest BCUT2D eigenvalue weighted by Gasteiger charge is 2.29. The van der Waals surface area contributed by atoms with Gasteiger partial charge in [0.2, 0.25) is 12.0 Å². The maximum atomic E-state index is 12.4. The SMILES string of the molecule is CC(Sc1nnc(C2COc3ccccc3O2)o1)C(=O)N1CCCC1. The molecule has 0 aliphatic carbocycles. The Labute approximate surface area is 149 Å². The van der Waals surface area contributed by atoms with Gasteiger partial charge in [-0.15, -0.1) is 10.2 Å². The van der Waals surface area contributed by atoms with Gasteiger partial charge in [-0.05, 0) is 31.9 Å². The van der Waals surface area contributed by atoms with E-state index in [4.69, 9.17) is 13.9 Å². The molecule has 3 heterocycles. The summed E-state index contributed by atoms with van der Waals surface area (Å²) in [7, 11) is 0. The molecule has 2 aromatic rings. The van der Waals surface area contributed by atoms with Crippen LogP contribution in [0.2, 0.25) is 0 Å². The van der Waals surface area contributed by atoms with Gasteiger partial charge in [-0.2, -0.15) is 0 Å². The summed E-state index contributed by atoms with van der Waals surface area (Å²) in [4.78, 5) is 14.3. The Morgan fingerprint density at radius 3 is 2.80 bits per heavy atom. The second kappa shape index (κ2) is 6.95. The van der Waals surface area contributed by atoms with Gasteiger partial charge in [0.1, 0.15) is 6.61 Å². The number of benzene rings is 1. The topological polar surface area (TPSA) is 77.7 Å². The average Bonchev–Trinajstić information content (AvgIpc) is 3.32. The van der Waals surface area contributed by atoms with Gasteiger partial charge in [0.05, 0.1) is 5.25 Å². The van der Waals surface area contributed by atoms with Crippen LogP contribution in [-0.4, -0.2) is 46.0 Å². The summed E-state index contributed by atoms with van der Waals surface area (Å²) in [6.45, 7) is 3.86. The Bertz CT molecular complexity index is 760. The number of thioether (sulfide) groups is 1. The standard InChI is InChI=1S/C17H19N3O4S/c1-11(16(21)20-8-4-5-9-20)25-17-19-18-15(24-17)14-10-22-12-6-2-3-7-13(12)23-14/h2-3,6-7,11,14H,4-5,8-10H2,1H3. The number of ether oxygens (including phenoxy) is 2. The van der Waals surface area contributed by atoms with E-state index >= 15 is 0 Å². The lowest BCUT2D eigenvalue weighted by Gasteiger charge is -2.23. The van der Waals surface area contributed by atoms with Crippen LogP contribution in [-0.2, 0) is 4.79 Å². The molecule has 0 spiro atoms. The normalized spacial score (nSPS) is 20.5. The second-order valence-electron chi connectivity index (χ2n) is 6.06. The van der Waals surface area contributed by atoms with Gasteiger partial charge in [0.25, 0.3) is 11.1 Å². The van der Waals surface area contributed by atoms with Gasteiger partial charge in [-0.3, -0.25) is 4.79 Å². The molecule has 132 valence electrons. The summed E-state index contributed by atoms with van der Waals surface area (Å²) < 4.78 is 17.2. The van der Waals surface area contributed by atoms with Crippen molar-refractivity contribution >= 4 is 17.7 Å². The van der Waals surface area contributed by atoms with Crippen molar-refractivity contribution in [3.8, 4) is 11.5 Å². The van der Waals surface area contributed by atoms with E-state index in [0.29, 0.717) is 29.2 Å². The third-order valence-corrected chi connectivity index (χ3v) is 5.17. The Kier molecular flexibility index (Phi) is 4.52. The largest absolute Gasteiger partial charge is 0.485 e. The highest BCUT2D eigenvalue weighted by atomic mass is 32.2. The molecule has 1 saturated heterocycles. The monoisotopic (exact) mass is 361 g/mol. The van der Waals surface area contributed by atoms with Crippen molar-refractivity contribution in [2.24, 2.45) is 0 Å². The zero-order valence-electron chi connectivity index (χ0n) is 13.9. The fourth-order valence-corrected chi connectivity index (χ4v) is 3.71. The lowest BCUT2D eigenvalue weighted by atomic mass is 10.2. The first-order valence-electron chi connectivity index (χ1n) is 8.38. The summed E-state index contributed by atoms with van der Waals surface area (Å²) in [6, 6.07) is 7.46. The van der Waals surface area contributed by atoms with E-state index < -0.39 is 6.10 Å². The first-order valence-corrected chi connectivity index (χ1v) is 9.26. The zero-order valence-corrected chi connectivity index (χ0v) is 14.7. The van der Waals surface area contributed by atoms with Gasteiger partial charge in [0.15, 0.2) is 11.5 Å². The molecule has 2 atom stereocenters. The second-order valence-corrected chi connectivity index (χ2v) is 7.35. The molecule has 8 heteroatoms. The van der Waals surface area contributed by atoms with E-state index in [-0.39, 0.29) is 11.2 Å². The molecule has 2 aliphatic rings. The van der Waals surface area contributed by atoms with Gasteiger partial charge in [0, 0.05) is 13.1 Å². The zero-order chi connectivity index (χ0) is 17.2. The minimum absolute atomic E-state index is 0.119. The van der Waals surface area contributed by atoms with Crippen LogP contribution in [0.4, 0.5) is 0 Å². The smallest absolute Gasteiger partial charge is 0.277 e. The van der Waals surface area contributed by atoms with E-state index in [1.54, 1.807) is 0 Å². The highest BCUT2D eigenvalue weighted by Crippen LogP contribution is 2.36. The number of para-hydroxylation sites is 2. The predicted molar refractivity (Wildman–Crippen MR) is 90.7 cm³/mol. The predicted octanol–water partition coefficient (Wildman–Crippen LogP) is 2.69. The molecular formula is C17H19N3O4S. The third kappa shape index (κ3) is 3.44. The Morgan fingerprint density at radius 2 is 2.00 bits per heavy atom. The number of fused-ring (bicyclic) bond motifs is 1. The first kappa shape index (κ1) is 16.3. The molecule has 0 saturated carbocycles. The molecule has 7 nitrogen and oxygen atoms in total. The number of carbonyl (C=O) groups excluding carboxylic acids is 1. The van der Waals surface area contributed by atoms with Crippen molar-refractivity contribution < 1.29 is 18.7 Å².